The number of rotatable bonds is 5. The monoisotopic (exact) mass is 291 g/mol. The molecule has 0 aromatic heterocycles. The van der Waals surface area contributed by atoms with Crippen LogP contribution in [0.25, 0.3) is 0 Å². The molecular formula is C17H25NO3. The summed E-state index contributed by atoms with van der Waals surface area (Å²) in [5.74, 6) is 0.964. The first-order valence-corrected chi connectivity index (χ1v) is 7.66. The molecule has 0 aliphatic carbocycles. The second-order valence-electron chi connectivity index (χ2n) is 6.18. The number of aryl methyl sites for hydroxylation is 1. The third-order valence-electron chi connectivity index (χ3n) is 3.82. The maximum atomic E-state index is 12.1. The van der Waals surface area contributed by atoms with Gasteiger partial charge in [0.15, 0.2) is 0 Å². The van der Waals surface area contributed by atoms with Gasteiger partial charge in [-0.3, -0.25) is 4.79 Å². The van der Waals surface area contributed by atoms with Crippen molar-refractivity contribution < 1.29 is 14.6 Å². The van der Waals surface area contributed by atoms with E-state index in [1.54, 1.807) is 11.8 Å². The maximum absolute atomic E-state index is 12.1. The van der Waals surface area contributed by atoms with Crippen molar-refractivity contribution in [3.8, 4) is 5.75 Å². The molecule has 1 aromatic rings. The minimum atomic E-state index is -0.730. The number of benzene rings is 1. The Labute approximate surface area is 126 Å². The lowest BCUT2D eigenvalue weighted by Gasteiger charge is -2.36. The molecule has 0 radical (unpaired) electrons. The molecule has 4 nitrogen and oxygen atoms in total. The van der Waals surface area contributed by atoms with E-state index in [0.29, 0.717) is 26.0 Å². The molecule has 1 aliphatic rings. The van der Waals surface area contributed by atoms with Gasteiger partial charge in [0.1, 0.15) is 5.75 Å². The van der Waals surface area contributed by atoms with Gasteiger partial charge in [0, 0.05) is 19.5 Å². The predicted molar refractivity (Wildman–Crippen MR) is 82.3 cm³/mol. The molecule has 2 rings (SSSR count). The van der Waals surface area contributed by atoms with Gasteiger partial charge >= 0.3 is 0 Å². The quantitative estimate of drug-likeness (QED) is 0.848. The summed E-state index contributed by atoms with van der Waals surface area (Å²) in [7, 11) is 0. The Morgan fingerprint density at radius 3 is 3.00 bits per heavy atom. The third-order valence-corrected chi connectivity index (χ3v) is 3.82. The van der Waals surface area contributed by atoms with Crippen molar-refractivity contribution in [1.29, 1.82) is 0 Å². The topological polar surface area (TPSA) is 49.8 Å². The highest BCUT2D eigenvalue weighted by Crippen LogP contribution is 2.21. The fraction of sp³-hybridized carbons (Fsp3) is 0.588. The summed E-state index contributed by atoms with van der Waals surface area (Å²) in [6.07, 6.45) is 2.82. The van der Waals surface area contributed by atoms with Gasteiger partial charge < -0.3 is 14.7 Å². The standard InChI is InChI=1S/C17H25NO3/c1-14-6-3-7-15(12-14)21-11-4-8-16(19)18-10-5-9-17(2,20)13-18/h3,6-7,12,20H,4-5,8-11,13H2,1-2H3. The SMILES string of the molecule is Cc1cccc(OCCCC(=O)N2CCCC(C)(O)C2)c1. The molecule has 0 bridgehead atoms. The summed E-state index contributed by atoms with van der Waals surface area (Å²) in [6, 6.07) is 7.91. The van der Waals surface area contributed by atoms with Crippen LogP contribution in [-0.4, -0.2) is 41.2 Å². The molecule has 0 saturated carbocycles. The van der Waals surface area contributed by atoms with Crippen LogP contribution in [0.15, 0.2) is 24.3 Å². The Balaban J connectivity index is 1.70. The Morgan fingerprint density at radius 1 is 1.48 bits per heavy atom. The van der Waals surface area contributed by atoms with Crippen molar-refractivity contribution in [1.82, 2.24) is 4.90 Å². The largest absolute Gasteiger partial charge is 0.494 e. The van der Waals surface area contributed by atoms with Crippen LogP contribution in [-0.2, 0) is 4.79 Å². The summed E-state index contributed by atoms with van der Waals surface area (Å²) in [6.45, 7) is 5.57. The first-order chi connectivity index (χ1) is 9.96. The fourth-order valence-electron chi connectivity index (χ4n) is 2.71. The van der Waals surface area contributed by atoms with E-state index >= 15 is 0 Å². The van der Waals surface area contributed by atoms with E-state index in [1.807, 2.05) is 31.2 Å². The van der Waals surface area contributed by atoms with E-state index in [-0.39, 0.29) is 5.91 Å². The third kappa shape index (κ3) is 5.05. The van der Waals surface area contributed by atoms with E-state index in [4.69, 9.17) is 4.74 Å². The average molecular weight is 291 g/mol. The second kappa shape index (κ2) is 6.94. The van der Waals surface area contributed by atoms with E-state index in [1.165, 1.54) is 5.56 Å². The normalized spacial score (nSPS) is 22.1. The van der Waals surface area contributed by atoms with Crippen molar-refractivity contribution >= 4 is 5.91 Å². The zero-order valence-electron chi connectivity index (χ0n) is 13.0. The predicted octanol–water partition coefficient (Wildman–Crippen LogP) is 2.53. The molecule has 116 valence electrons. The van der Waals surface area contributed by atoms with Gasteiger partial charge in [-0.1, -0.05) is 12.1 Å². The smallest absolute Gasteiger partial charge is 0.222 e. The van der Waals surface area contributed by atoms with E-state index in [9.17, 15) is 9.90 Å². The molecule has 1 aromatic carbocycles. The Bertz CT molecular complexity index is 485. The highest BCUT2D eigenvalue weighted by molar-refractivity contribution is 5.76. The van der Waals surface area contributed by atoms with E-state index in [2.05, 4.69) is 0 Å². The van der Waals surface area contributed by atoms with Crippen LogP contribution in [0, 0.1) is 6.92 Å². The summed E-state index contributed by atoms with van der Waals surface area (Å²) in [5, 5.41) is 10.0. The van der Waals surface area contributed by atoms with Gasteiger partial charge in [-0.15, -0.1) is 0 Å². The van der Waals surface area contributed by atoms with Gasteiger partial charge in [-0.25, -0.2) is 0 Å². The number of ether oxygens (including phenoxy) is 1. The Morgan fingerprint density at radius 2 is 2.29 bits per heavy atom. The zero-order valence-corrected chi connectivity index (χ0v) is 13.0. The minimum Gasteiger partial charge on any atom is -0.494 e. The number of amides is 1. The Kier molecular flexibility index (Phi) is 5.23. The molecule has 4 heteroatoms. The Hall–Kier alpha value is -1.55. The summed E-state index contributed by atoms with van der Waals surface area (Å²) < 4.78 is 5.65. The lowest BCUT2D eigenvalue weighted by Crippen LogP contribution is -2.48. The van der Waals surface area contributed by atoms with Crippen LogP contribution in [0.1, 0.15) is 38.2 Å². The first-order valence-electron chi connectivity index (χ1n) is 7.66. The second-order valence-corrected chi connectivity index (χ2v) is 6.18. The molecule has 1 amide bonds. The van der Waals surface area contributed by atoms with E-state index < -0.39 is 5.60 Å². The fourth-order valence-corrected chi connectivity index (χ4v) is 2.71. The number of carbonyl (C=O) groups excluding carboxylic acids is 1. The molecule has 1 fully saturated rings. The highest BCUT2D eigenvalue weighted by atomic mass is 16.5. The van der Waals surface area contributed by atoms with Crippen molar-refractivity contribution in [2.45, 2.75) is 45.1 Å². The average Bonchev–Trinajstić information content (AvgIpc) is 2.42. The lowest BCUT2D eigenvalue weighted by molar-refractivity contribution is -0.137. The lowest BCUT2D eigenvalue weighted by atomic mass is 9.95. The number of likely N-dealkylation sites (tertiary alicyclic amines) is 1. The number of hydrogen-bond acceptors (Lipinski definition) is 3. The van der Waals surface area contributed by atoms with Crippen molar-refractivity contribution in [3.63, 3.8) is 0 Å². The van der Waals surface area contributed by atoms with Crippen molar-refractivity contribution in [2.75, 3.05) is 19.7 Å². The molecular weight excluding hydrogens is 266 g/mol. The van der Waals surface area contributed by atoms with E-state index in [0.717, 1.165) is 25.1 Å². The highest BCUT2D eigenvalue weighted by Gasteiger charge is 2.30. The molecule has 21 heavy (non-hydrogen) atoms. The first kappa shape index (κ1) is 15.8. The van der Waals surface area contributed by atoms with Gasteiger partial charge in [-0.05, 0) is 50.8 Å². The van der Waals surface area contributed by atoms with Crippen molar-refractivity contribution in [3.05, 3.63) is 29.8 Å². The summed E-state index contributed by atoms with van der Waals surface area (Å²) in [5.41, 5.74) is 0.436. The van der Waals surface area contributed by atoms with Gasteiger partial charge in [0.25, 0.3) is 0 Å². The van der Waals surface area contributed by atoms with Gasteiger partial charge in [-0.2, -0.15) is 0 Å². The molecule has 1 atom stereocenters. The number of hydrogen-bond donors (Lipinski definition) is 1. The van der Waals surface area contributed by atoms with Crippen LogP contribution in [0.4, 0.5) is 0 Å². The summed E-state index contributed by atoms with van der Waals surface area (Å²) >= 11 is 0. The van der Waals surface area contributed by atoms with Gasteiger partial charge in [0.05, 0.1) is 12.2 Å². The van der Waals surface area contributed by atoms with Crippen LogP contribution >= 0.6 is 0 Å². The molecule has 1 unspecified atom stereocenters. The van der Waals surface area contributed by atoms with Gasteiger partial charge in [0.2, 0.25) is 5.91 Å². The number of carbonyl (C=O) groups is 1. The van der Waals surface area contributed by atoms with Crippen LogP contribution in [0.5, 0.6) is 5.75 Å². The molecule has 1 aliphatic heterocycles. The zero-order chi connectivity index (χ0) is 15.3. The maximum Gasteiger partial charge on any atom is 0.222 e. The van der Waals surface area contributed by atoms with Crippen LogP contribution in [0.2, 0.25) is 0 Å². The number of β-amino-alcohol motifs (C(OH)–C–C–N with tert-alkyl or cyclic N) is 1. The molecule has 1 N–H and O–H groups in total. The number of aliphatic hydroxyl groups is 1. The molecule has 1 saturated heterocycles. The minimum absolute atomic E-state index is 0.114. The number of piperidine rings is 1. The van der Waals surface area contributed by atoms with Crippen molar-refractivity contribution in [2.24, 2.45) is 0 Å². The molecule has 0 spiro atoms. The number of nitrogens with zero attached hydrogens (tertiary/aromatic N) is 1. The van der Waals surface area contributed by atoms with Crippen LogP contribution < -0.4 is 4.74 Å². The molecule has 1 heterocycles. The van der Waals surface area contributed by atoms with Crippen LogP contribution in [0.3, 0.4) is 0 Å². The summed E-state index contributed by atoms with van der Waals surface area (Å²) in [4.78, 5) is 13.9.